The predicted octanol–water partition coefficient (Wildman–Crippen LogP) is 7.65. The molecule has 0 radical (unpaired) electrons. The first-order valence-electron chi connectivity index (χ1n) is 13.9. The van der Waals surface area contributed by atoms with Crippen LogP contribution in [0.15, 0.2) is 95.6 Å². The number of aliphatic imine (C=N–C) groups is 1. The molecule has 0 saturated carbocycles. The minimum atomic E-state index is -0.431. The van der Waals surface area contributed by atoms with Crippen molar-refractivity contribution in [3.05, 3.63) is 107 Å². The molecule has 0 fully saturated rings. The molecule has 1 aliphatic rings. The van der Waals surface area contributed by atoms with Crippen LogP contribution in [-0.2, 0) is 5.41 Å². The van der Waals surface area contributed by atoms with E-state index in [0.717, 1.165) is 39.2 Å². The van der Waals surface area contributed by atoms with Crippen molar-refractivity contribution in [3.63, 3.8) is 0 Å². The Labute approximate surface area is 253 Å². The summed E-state index contributed by atoms with van der Waals surface area (Å²) in [5.41, 5.74) is 6.35. The Morgan fingerprint density at radius 2 is 1.35 bits per heavy atom. The minimum absolute atomic E-state index is 0.431. The van der Waals surface area contributed by atoms with Gasteiger partial charge in [0.15, 0.2) is 23.0 Å². The van der Waals surface area contributed by atoms with E-state index in [4.69, 9.17) is 33.7 Å². The molecular formula is C36H36N2O5. The summed E-state index contributed by atoms with van der Waals surface area (Å²) in [6, 6.07) is 24.1. The fraction of sp³-hybridized carbons (Fsp3) is 0.222. The summed E-state index contributed by atoms with van der Waals surface area (Å²) in [6.07, 6.45) is 8.85. The minimum Gasteiger partial charge on any atom is -0.493 e. The fourth-order valence-corrected chi connectivity index (χ4v) is 5.26. The van der Waals surface area contributed by atoms with Crippen molar-refractivity contribution in [2.75, 3.05) is 35.5 Å². The number of methoxy groups -OCH3 is 5. The van der Waals surface area contributed by atoms with Gasteiger partial charge in [0.1, 0.15) is 0 Å². The average Bonchev–Trinajstić information content (AvgIpc) is 3.06. The van der Waals surface area contributed by atoms with Crippen molar-refractivity contribution in [2.45, 2.75) is 18.8 Å². The van der Waals surface area contributed by atoms with Crippen molar-refractivity contribution in [1.82, 2.24) is 4.98 Å². The van der Waals surface area contributed by atoms with Gasteiger partial charge in [-0.25, -0.2) is 0 Å². The van der Waals surface area contributed by atoms with E-state index in [1.807, 2.05) is 67.0 Å². The molecule has 5 rings (SSSR count). The summed E-state index contributed by atoms with van der Waals surface area (Å²) < 4.78 is 27.7. The lowest BCUT2D eigenvalue weighted by molar-refractivity contribution is 0.323. The number of pyridine rings is 1. The van der Waals surface area contributed by atoms with Crippen molar-refractivity contribution >= 4 is 18.0 Å². The molecule has 0 amide bonds. The van der Waals surface area contributed by atoms with E-state index in [1.165, 1.54) is 0 Å². The lowest BCUT2D eigenvalue weighted by atomic mass is 9.75. The molecule has 7 nitrogen and oxygen atoms in total. The van der Waals surface area contributed by atoms with Gasteiger partial charge in [-0.05, 0) is 65.6 Å². The molecule has 1 unspecified atom stereocenters. The van der Waals surface area contributed by atoms with Crippen LogP contribution in [-0.4, -0.2) is 46.7 Å². The molecule has 1 atom stereocenters. The van der Waals surface area contributed by atoms with Crippen LogP contribution in [0, 0.1) is 0 Å². The van der Waals surface area contributed by atoms with Crippen LogP contribution < -0.4 is 23.7 Å². The molecule has 1 aliphatic heterocycles. The number of allylic oxidation sites excluding steroid dienone is 2. The van der Waals surface area contributed by atoms with E-state index in [9.17, 15) is 0 Å². The summed E-state index contributed by atoms with van der Waals surface area (Å²) in [5.74, 6) is 3.11. The lowest BCUT2D eigenvalue weighted by Gasteiger charge is -2.31. The van der Waals surface area contributed by atoms with Crippen LogP contribution in [0.2, 0.25) is 0 Å². The maximum Gasteiger partial charge on any atom is 0.203 e. The van der Waals surface area contributed by atoms with E-state index in [-0.39, 0.29) is 0 Å². The third-order valence-corrected chi connectivity index (χ3v) is 7.66. The Hall–Kier alpha value is -5.04. The second-order valence-corrected chi connectivity index (χ2v) is 10.4. The van der Waals surface area contributed by atoms with Gasteiger partial charge in [0.2, 0.25) is 5.75 Å². The number of ether oxygens (including phenoxy) is 5. The van der Waals surface area contributed by atoms with E-state index in [0.29, 0.717) is 35.2 Å². The molecule has 4 aromatic rings. The first kappa shape index (κ1) is 29.5. The quantitative estimate of drug-likeness (QED) is 0.193. The highest BCUT2D eigenvalue weighted by Crippen LogP contribution is 2.45. The van der Waals surface area contributed by atoms with Crippen molar-refractivity contribution in [3.8, 4) is 40.0 Å². The number of benzene rings is 3. The maximum atomic E-state index is 5.65. The summed E-state index contributed by atoms with van der Waals surface area (Å²) >= 11 is 0. The van der Waals surface area contributed by atoms with Crippen molar-refractivity contribution in [2.24, 2.45) is 4.99 Å². The normalized spacial score (nSPS) is 16.3. The van der Waals surface area contributed by atoms with Crippen LogP contribution in [0.4, 0.5) is 0 Å². The van der Waals surface area contributed by atoms with Gasteiger partial charge in [0, 0.05) is 29.0 Å². The molecular weight excluding hydrogens is 540 g/mol. The molecule has 0 saturated heterocycles. The molecule has 0 N–H and O–H groups in total. The van der Waals surface area contributed by atoms with Crippen molar-refractivity contribution < 1.29 is 23.7 Å². The molecule has 1 aromatic heterocycles. The smallest absolute Gasteiger partial charge is 0.203 e. The molecule has 0 aliphatic carbocycles. The lowest BCUT2D eigenvalue weighted by Crippen LogP contribution is -2.27. The highest BCUT2D eigenvalue weighted by molar-refractivity contribution is 5.88. The summed E-state index contributed by atoms with van der Waals surface area (Å²) in [4.78, 5) is 9.83. The van der Waals surface area contributed by atoms with E-state index in [2.05, 4.69) is 37.3 Å². The summed E-state index contributed by atoms with van der Waals surface area (Å²) in [5, 5.41) is 0. The Morgan fingerprint density at radius 3 is 1.95 bits per heavy atom. The van der Waals surface area contributed by atoms with Gasteiger partial charge < -0.3 is 23.7 Å². The largest absolute Gasteiger partial charge is 0.493 e. The first-order chi connectivity index (χ1) is 20.9. The molecule has 43 heavy (non-hydrogen) atoms. The van der Waals surface area contributed by atoms with Crippen LogP contribution in [0.5, 0.6) is 28.7 Å². The topological polar surface area (TPSA) is 71.4 Å². The van der Waals surface area contributed by atoms with Crippen LogP contribution in [0.1, 0.15) is 30.0 Å². The molecule has 3 aromatic carbocycles. The highest BCUT2D eigenvalue weighted by Gasteiger charge is 2.32. The zero-order chi connectivity index (χ0) is 30.4. The average molecular weight is 577 g/mol. The molecule has 7 heteroatoms. The van der Waals surface area contributed by atoms with Gasteiger partial charge in [-0.1, -0.05) is 49.4 Å². The van der Waals surface area contributed by atoms with Gasteiger partial charge in [-0.3, -0.25) is 9.98 Å². The number of aromatic nitrogens is 1. The standard InChI is InChI=1S/C36H36N2O5/c1-36(28-19-32(41-4)35(43-6)33(20-28)42-5)21-26(13-12-24-10-8-7-9-11-24)34(38-23-36)27-14-16-29(37-22-27)25-15-17-30(39-2)31(18-25)40-3/h7-20,22-23H,21H2,1-6H3/b13-12+. The van der Waals surface area contributed by atoms with Gasteiger partial charge in [-0.2, -0.15) is 0 Å². The highest BCUT2D eigenvalue weighted by atomic mass is 16.5. The Morgan fingerprint density at radius 1 is 0.674 bits per heavy atom. The maximum absolute atomic E-state index is 5.65. The van der Waals surface area contributed by atoms with Crippen LogP contribution in [0.3, 0.4) is 0 Å². The van der Waals surface area contributed by atoms with Crippen LogP contribution >= 0.6 is 0 Å². The second kappa shape index (κ2) is 12.9. The Bertz CT molecular complexity index is 1650. The molecule has 0 spiro atoms. The molecule has 2 heterocycles. The van der Waals surface area contributed by atoms with E-state index >= 15 is 0 Å². The van der Waals surface area contributed by atoms with Gasteiger partial charge in [-0.15, -0.1) is 0 Å². The monoisotopic (exact) mass is 576 g/mol. The first-order valence-corrected chi connectivity index (χ1v) is 13.9. The fourth-order valence-electron chi connectivity index (χ4n) is 5.26. The summed E-state index contributed by atoms with van der Waals surface area (Å²) in [7, 11) is 8.11. The SMILES string of the molecule is COc1ccc(-c2ccc(C3=C(/C=C/c4ccccc4)CC(C)(c4cc(OC)c(OC)c(OC)c4)C=N3)cn2)cc1OC. The van der Waals surface area contributed by atoms with Gasteiger partial charge >= 0.3 is 0 Å². The van der Waals surface area contributed by atoms with Crippen LogP contribution in [0.25, 0.3) is 23.0 Å². The van der Waals surface area contributed by atoms with Crippen molar-refractivity contribution in [1.29, 1.82) is 0 Å². The number of hydrogen-bond acceptors (Lipinski definition) is 7. The number of rotatable bonds is 10. The van der Waals surface area contributed by atoms with Gasteiger partial charge in [0.25, 0.3) is 0 Å². The predicted molar refractivity (Wildman–Crippen MR) is 172 cm³/mol. The van der Waals surface area contributed by atoms with E-state index in [1.54, 1.807) is 35.5 Å². The number of hydrogen-bond donors (Lipinski definition) is 0. The zero-order valence-electron chi connectivity index (χ0n) is 25.4. The van der Waals surface area contributed by atoms with Gasteiger partial charge in [0.05, 0.1) is 46.9 Å². The number of nitrogens with zero attached hydrogens (tertiary/aromatic N) is 2. The zero-order valence-corrected chi connectivity index (χ0v) is 25.4. The Balaban J connectivity index is 1.54. The molecule has 0 bridgehead atoms. The summed E-state index contributed by atoms with van der Waals surface area (Å²) in [6.45, 7) is 2.17. The Kier molecular flexibility index (Phi) is 8.81. The molecule has 220 valence electrons. The van der Waals surface area contributed by atoms with E-state index < -0.39 is 5.41 Å². The third-order valence-electron chi connectivity index (χ3n) is 7.66. The third kappa shape index (κ3) is 6.11. The second-order valence-electron chi connectivity index (χ2n) is 10.4.